The molecule has 4 aliphatic carbocycles. The lowest BCUT2D eigenvalue weighted by Crippen LogP contribution is -2.62. The summed E-state index contributed by atoms with van der Waals surface area (Å²) in [6.45, 7) is 11.1. The summed E-state index contributed by atoms with van der Waals surface area (Å²) in [5, 5.41) is 10.5. The predicted molar refractivity (Wildman–Crippen MR) is 121 cm³/mol. The van der Waals surface area contributed by atoms with Crippen molar-refractivity contribution in [2.24, 2.45) is 45.8 Å². The van der Waals surface area contributed by atoms with Gasteiger partial charge in [-0.3, -0.25) is 9.59 Å². The average molecular weight is 433 g/mol. The fourth-order valence-electron chi connectivity index (χ4n) is 9.65. The van der Waals surface area contributed by atoms with Gasteiger partial charge in [0, 0.05) is 13.3 Å². The van der Waals surface area contributed by atoms with Gasteiger partial charge in [0.25, 0.3) is 0 Å². The zero-order chi connectivity index (χ0) is 22.6. The highest BCUT2D eigenvalue weighted by Crippen LogP contribution is 2.71. The quantitative estimate of drug-likeness (QED) is 0.506. The molecular formula is C27H44O4. The van der Waals surface area contributed by atoms with E-state index >= 15 is 0 Å². The Hall–Kier alpha value is -1.06. The molecular weight excluding hydrogens is 388 g/mol. The summed E-state index contributed by atoms with van der Waals surface area (Å²) in [6, 6.07) is 0. The molecule has 0 aliphatic heterocycles. The molecule has 176 valence electrons. The Bertz CT molecular complexity index is 718. The molecule has 0 aromatic rings. The maximum Gasteiger partial charge on any atom is 0.310 e. The van der Waals surface area contributed by atoms with Crippen LogP contribution in [0.4, 0.5) is 0 Å². The number of ether oxygens (including phenoxy) is 1. The Balaban J connectivity index is 1.61. The molecule has 4 aliphatic rings. The summed E-state index contributed by atoms with van der Waals surface area (Å²) in [7, 11) is 0. The SMILES string of the molecule is CCC[C@@H](C)[C@H]1CC[C@H]2[C@@H]3CCC4(C(=O)O)C[C@@H](OC(C)=O)CC[C@]4(C)[C@H]3CC[C@]12C. The van der Waals surface area contributed by atoms with Crippen molar-refractivity contribution in [1.29, 1.82) is 0 Å². The van der Waals surface area contributed by atoms with E-state index in [-0.39, 0.29) is 17.5 Å². The lowest BCUT2D eigenvalue weighted by atomic mass is 9.39. The van der Waals surface area contributed by atoms with E-state index in [1.54, 1.807) is 0 Å². The van der Waals surface area contributed by atoms with Crippen LogP contribution in [0.5, 0.6) is 0 Å². The first-order valence-electron chi connectivity index (χ1n) is 13.0. The molecule has 0 radical (unpaired) electrons. The van der Waals surface area contributed by atoms with Crippen molar-refractivity contribution in [3.05, 3.63) is 0 Å². The number of carbonyl (C=O) groups excluding carboxylic acids is 1. The molecule has 0 amide bonds. The van der Waals surface area contributed by atoms with Crippen LogP contribution in [0, 0.1) is 45.8 Å². The van der Waals surface area contributed by atoms with Crippen LogP contribution >= 0.6 is 0 Å². The molecule has 4 nitrogen and oxygen atoms in total. The van der Waals surface area contributed by atoms with E-state index in [9.17, 15) is 14.7 Å². The van der Waals surface area contributed by atoms with Crippen LogP contribution in [-0.2, 0) is 14.3 Å². The van der Waals surface area contributed by atoms with Crippen molar-refractivity contribution in [1.82, 2.24) is 0 Å². The lowest BCUT2D eigenvalue weighted by molar-refractivity contribution is -0.206. The van der Waals surface area contributed by atoms with Gasteiger partial charge in [0.15, 0.2) is 0 Å². The summed E-state index contributed by atoms with van der Waals surface area (Å²) in [4.78, 5) is 24.4. The molecule has 0 bridgehead atoms. The van der Waals surface area contributed by atoms with E-state index in [0.717, 1.165) is 43.4 Å². The standard InChI is InChI=1S/C27H44O4/c1-6-7-17(2)21-8-9-22-20-11-15-27(24(29)30)16-19(31-18(3)28)10-14-26(27,5)23(20)12-13-25(21,22)4/h17,19-23H,6-16H2,1-5H3,(H,29,30)/t17-,19+,20+,21-,22+,23+,25-,26-,27?/m1/s1. The molecule has 4 rings (SSSR count). The molecule has 31 heavy (non-hydrogen) atoms. The number of aliphatic carboxylic acids is 1. The summed E-state index contributed by atoms with van der Waals surface area (Å²) in [5.74, 6) is 2.61. The molecule has 0 aromatic heterocycles. The summed E-state index contributed by atoms with van der Waals surface area (Å²) < 4.78 is 5.54. The van der Waals surface area contributed by atoms with Gasteiger partial charge in [0.1, 0.15) is 6.10 Å². The number of fused-ring (bicyclic) bond motifs is 5. The number of esters is 1. The third kappa shape index (κ3) is 3.37. The first-order chi connectivity index (χ1) is 14.6. The minimum absolute atomic E-state index is 0.188. The number of carboxylic acid groups (broad SMARTS) is 1. The second kappa shape index (κ2) is 8.06. The fraction of sp³-hybridized carbons (Fsp3) is 0.926. The molecule has 4 heteroatoms. The van der Waals surface area contributed by atoms with Crippen molar-refractivity contribution >= 4 is 11.9 Å². The molecule has 1 N–H and O–H groups in total. The van der Waals surface area contributed by atoms with Crippen LogP contribution in [0.25, 0.3) is 0 Å². The highest BCUT2D eigenvalue weighted by atomic mass is 16.5. The first-order valence-corrected chi connectivity index (χ1v) is 13.0. The van der Waals surface area contributed by atoms with Gasteiger partial charge in [-0.25, -0.2) is 0 Å². The van der Waals surface area contributed by atoms with Crippen LogP contribution < -0.4 is 0 Å². The van der Waals surface area contributed by atoms with Crippen molar-refractivity contribution in [2.45, 2.75) is 111 Å². The van der Waals surface area contributed by atoms with Gasteiger partial charge in [0.05, 0.1) is 5.41 Å². The topological polar surface area (TPSA) is 63.6 Å². The molecule has 0 aromatic carbocycles. The van der Waals surface area contributed by atoms with Crippen molar-refractivity contribution in [3.63, 3.8) is 0 Å². The Morgan fingerprint density at radius 3 is 2.42 bits per heavy atom. The molecule has 4 fully saturated rings. The zero-order valence-corrected chi connectivity index (χ0v) is 20.4. The lowest BCUT2D eigenvalue weighted by Gasteiger charge is -2.64. The molecule has 1 unspecified atom stereocenters. The van der Waals surface area contributed by atoms with Crippen molar-refractivity contribution < 1.29 is 19.4 Å². The third-order valence-corrected chi connectivity index (χ3v) is 11.1. The van der Waals surface area contributed by atoms with Crippen molar-refractivity contribution in [2.75, 3.05) is 0 Å². The smallest absolute Gasteiger partial charge is 0.310 e. The third-order valence-electron chi connectivity index (χ3n) is 11.1. The van der Waals surface area contributed by atoms with Gasteiger partial charge < -0.3 is 9.84 Å². The van der Waals surface area contributed by atoms with Crippen LogP contribution in [0.2, 0.25) is 0 Å². The summed E-state index contributed by atoms with van der Waals surface area (Å²) in [5.41, 5.74) is -0.495. The number of carbonyl (C=O) groups is 2. The Morgan fingerprint density at radius 2 is 1.77 bits per heavy atom. The zero-order valence-electron chi connectivity index (χ0n) is 20.4. The largest absolute Gasteiger partial charge is 0.481 e. The second-order valence-corrected chi connectivity index (χ2v) is 12.2. The maximum atomic E-state index is 12.8. The average Bonchev–Trinajstić information content (AvgIpc) is 3.05. The van der Waals surface area contributed by atoms with Gasteiger partial charge in [0.2, 0.25) is 0 Å². The Kier molecular flexibility index (Phi) is 6.01. The maximum absolute atomic E-state index is 12.8. The second-order valence-electron chi connectivity index (χ2n) is 12.2. The number of rotatable bonds is 5. The van der Waals surface area contributed by atoms with Crippen LogP contribution in [-0.4, -0.2) is 23.1 Å². The number of hydrogen-bond acceptors (Lipinski definition) is 3. The number of carboxylic acids is 1. The van der Waals surface area contributed by atoms with Gasteiger partial charge >= 0.3 is 11.9 Å². The van der Waals surface area contributed by atoms with Gasteiger partial charge in [-0.05, 0) is 91.8 Å². The fourth-order valence-corrected chi connectivity index (χ4v) is 9.65. The van der Waals surface area contributed by atoms with E-state index in [0.29, 0.717) is 23.7 Å². The van der Waals surface area contributed by atoms with Crippen molar-refractivity contribution in [3.8, 4) is 0 Å². The van der Waals surface area contributed by atoms with E-state index < -0.39 is 11.4 Å². The van der Waals surface area contributed by atoms with Crippen LogP contribution in [0.15, 0.2) is 0 Å². The summed E-state index contributed by atoms with van der Waals surface area (Å²) in [6.07, 6.45) is 11.5. The normalized spacial score (nSPS) is 47.6. The van der Waals surface area contributed by atoms with E-state index in [1.165, 1.54) is 45.4 Å². The first kappa shape index (κ1) is 23.1. The highest BCUT2D eigenvalue weighted by molar-refractivity contribution is 5.76. The van der Waals surface area contributed by atoms with E-state index in [2.05, 4.69) is 27.7 Å². The molecule has 0 spiro atoms. The molecule has 0 heterocycles. The highest BCUT2D eigenvalue weighted by Gasteiger charge is 2.67. The molecule has 0 saturated heterocycles. The molecule has 4 saturated carbocycles. The van der Waals surface area contributed by atoms with Gasteiger partial charge in [-0.1, -0.05) is 40.5 Å². The summed E-state index contributed by atoms with van der Waals surface area (Å²) >= 11 is 0. The van der Waals surface area contributed by atoms with Gasteiger partial charge in [-0.15, -0.1) is 0 Å². The predicted octanol–water partition coefficient (Wildman–Crippen LogP) is 6.47. The van der Waals surface area contributed by atoms with Crippen LogP contribution in [0.3, 0.4) is 0 Å². The van der Waals surface area contributed by atoms with Gasteiger partial charge in [-0.2, -0.15) is 0 Å². The Morgan fingerprint density at radius 1 is 1.03 bits per heavy atom. The number of hydrogen-bond donors (Lipinski definition) is 1. The minimum atomic E-state index is -0.742. The van der Waals surface area contributed by atoms with E-state index in [4.69, 9.17) is 4.74 Å². The van der Waals surface area contributed by atoms with Crippen LogP contribution in [0.1, 0.15) is 105 Å². The Labute approximate surface area is 188 Å². The molecule has 9 atom stereocenters. The minimum Gasteiger partial charge on any atom is -0.481 e. The monoisotopic (exact) mass is 432 g/mol. The van der Waals surface area contributed by atoms with E-state index in [1.807, 2.05) is 0 Å².